The maximum Gasteiger partial charge on any atom is 0.226 e. The molecule has 1 aromatic heterocycles. The summed E-state index contributed by atoms with van der Waals surface area (Å²) in [7, 11) is 0. The molecule has 0 spiro atoms. The van der Waals surface area contributed by atoms with Gasteiger partial charge in [-0.3, -0.25) is 0 Å². The molecule has 2 heterocycles. The second-order valence-electron chi connectivity index (χ2n) is 8.02. The third kappa shape index (κ3) is 4.10. The first kappa shape index (κ1) is 19.3. The van der Waals surface area contributed by atoms with Crippen molar-refractivity contribution in [1.29, 1.82) is 0 Å². The van der Waals surface area contributed by atoms with Gasteiger partial charge in [0.1, 0.15) is 0 Å². The van der Waals surface area contributed by atoms with Gasteiger partial charge in [0.05, 0.1) is 11.2 Å². The summed E-state index contributed by atoms with van der Waals surface area (Å²) in [4.78, 5) is 12.3. The van der Waals surface area contributed by atoms with E-state index in [-0.39, 0.29) is 0 Å². The van der Waals surface area contributed by atoms with Crippen LogP contribution in [0.25, 0.3) is 22.2 Å². The fourth-order valence-electron chi connectivity index (χ4n) is 4.33. The lowest BCUT2D eigenvalue weighted by Gasteiger charge is -2.32. The molecule has 0 unspecified atom stereocenters. The smallest absolute Gasteiger partial charge is 0.226 e. The van der Waals surface area contributed by atoms with Gasteiger partial charge in [0.2, 0.25) is 5.95 Å². The van der Waals surface area contributed by atoms with Crippen molar-refractivity contribution < 1.29 is 0 Å². The van der Waals surface area contributed by atoms with Crippen LogP contribution in [-0.2, 0) is 6.42 Å². The summed E-state index contributed by atoms with van der Waals surface area (Å²) in [5, 5.41) is 1.08. The molecule has 5 rings (SSSR count). The van der Waals surface area contributed by atoms with Crippen LogP contribution in [0.2, 0.25) is 0 Å². The lowest BCUT2D eigenvalue weighted by atomic mass is 9.90. The highest BCUT2D eigenvalue weighted by Crippen LogP contribution is 2.32. The maximum absolute atomic E-state index is 5.04. The van der Waals surface area contributed by atoms with Gasteiger partial charge in [-0.2, -0.15) is 0 Å². The first-order valence-corrected chi connectivity index (χ1v) is 11.4. The molecule has 4 aromatic rings. The third-order valence-corrected chi connectivity index (χ3v) is 6.45. The molecular weight excluding hydrogens is 434 g/mol. The SMILES string of the molecule is Brc1ccc2nc(N3CCC(Cc4ccccc4)CC3)nc(-c3ccccc3)c2c1. The molecule has 0 atom stereocenters. The molecule has 0 saturated carbocycles. The maximum atomic E-state index is 5.04. The summed E-state index contributed by atoms with van der Waals surface area (Å²) in [5.74, 6) is 1.58. The molecule has 0 aliphatic carbocycles. The molecule has 3 nitrogen and oxygen atoms in total. The summed E-state index contributed by atoms with van der Waals surface area (Å²) in [6, 6.07) is 27.5. The zero-order valence-corrected chi connectivity index (χ0v) is 18.4. The van der Waals surface area contributed by atoms with Crippen molar-refractivity contribution in [3.8, 4) is 11.3 Å². The Kier molecular flexibility index (Phi) is 5.50. The van der Waals surface area contributed by atoms with E-state index in [1.165, 1.54) is 18.4 Å². The van der Waals surface area contributed by atoms with Gasteiger partial charge < -0.3 is 4.90 Å². The zero-order chi connectivity index (χ0) is 20.3. The summed E-state index contributed by atoms with van der Waals surface area (Å²) in [6.07, 6.45) is 3.52. The van der Waals surface area contributed by atoms with Crippen molar-refractivity contribution in [3.63, 3.8) is 0 Å². The van der Waals surface area contributed by atoms with E-state index in [0.29, 0.717) is 0 Å². The van der Waals surface area contributed by atoms with E-state index in [0.717, 1.165) is 58.0 Å². The van der Waals surface area contributed by atoms with Crippen LogP contribution in [0, 0.1) is 5.92 Å². The minimum absolute atomic E-state index is 0.730. The topological polar surface area (TPSA) is 29.0 Å². The number of rotatable bonds is 4. The van der Waals surface area contributed by atoms with Crippen molar-refractivity contribution in [2.45, 2.75) is 19.3 Å². The Hall–Kier alpha value is -2.72. The second kappa shape index (κ2) is 8.57. The van der Waals surface area contributed by atoms with E-state index in [1.807, 2.05) is 6.07 Å². The van der Waals surface area contributed by atoms with E-state index < -0.39 is 0 Å². The zero-order valence-electron chi connectivity index (χ0n) is 16.8. The summed E-state index contributed by atoms with van der Waals surface area (Å²) < 4.78 is 1.05. The van der Waals surface area contributed by atoms with Crippen molar-refractivity contribution in [1.82, 2.24) is 9.97 Å². The number of fused-ring (bicyclic) bond motifs is 1. The average Bonchev–Trinajstić information content (AvgIpc) is 2.80. The van der Waals surface area contributed by atoms with E-state index >= 15 is 0 Å². The Morgan fingerprint density at radius 3 is 2.27 bits per heavy atom. The largest absolute Gasteiger partial charge is 0.341 e. The normalized spacial score (nSPS) is 14.9. The molecule has 0 N–H and O–H groups in total. The number of piperidine rings is 1. The lowest BCUT2D eigenvalue weighted by molar-refractivity contribution is 0.401. The monoisotopic (exact) mass is 457 g/mol. The third-order valence-electron chi connectivity index (χ3n) is 5.96. The summed E-state index contributed by atoms with van der Waals surface area (Å²) >= 11 is 3.60. The first-order valence-electron chi connectivity index (χ1n) is 10.6. The Labute approximate surface area is 185 Å². The highest BCUT2D eigenvalue weighted by Gasteiger charge is 2.22. The Balaban J connectivity index is 1.42. The molecule has 0 amide bonds. The molecule has 1 saturated heterocycles. The number of nitrogens with zero attached hydrogens (tertiary/aromatic N) is 3. The van der Waals surface area contributed by atoms with Crippen LogP contribution in [0.5, 0.6) is 0 Å². The second-order valence-corrected chi connectivity index (χ2v) is 8.94. The van der Waals surface area contributed by atoms with Crippen LogP contribution in [0.15, 0.2) is 83.3 Å². The van der Waals surface area contributed by atoms with Crippen LogP contribution in [-0.4, -0.2) is 23.1 Å². The van der Waals surface area contributed by atoms with Crippen LogP contribution in [0.4, 0.5) is 5.95 Å². The minimum Gasteiger partial charge on any atom is -0.341 e. The molecule has 4 heteroatoms. The molecule has 1 aliphatic heterocycles. The van der Waals surface area contributed by atoms with E-state index in [9.17, 15) is 0 Å². The Bertz CT molecular complexity index is 1140. The van der Waals surface area contributed by atoms with Gasteiger partial charge in [-0.15, -0.1) is 0 Å². The van der Waals surface area contributed by atoms with Crippen LogP contribution in [0.1, 0.15) is 18.4 Å². The Morgan fingerprint density at radius 1 is 0.833 bits per heavy atom. The summed E-state index contributed by atoms with van der Waals surface area (Å²) in [5.41, 5.74) is 4.56. The fraction of sp³-hybridized carbons (Fsp3) is 0.231. The van der Waals surface area contributed by atoms with Gasteiger partial charge in [0.15, 0.2) is 0 Å². The van der Waals surface area contributed by atoms with E-state index in [2.05, 4.69) is 93.6 Å². The van der Waals surface area contributed by atoms with Crippen molar-refractivity contribution in [3.05, 3.63) is 88.9 Å². The van der Waals surface area contributed by atoms with Crippen molar-refractivity contribution >= 4 is 32.8 Å². The van der Waals surface area contributed by atoms with Gasteiger partial charge >= 0.3 is 0 Å². The predicted molar refractivity (Wildman–Crippen MR) is 128 cm³/mol. The van der Waals surface area contributed by atoms with Gasteiger partial charge in [0.25, 0.3) is 0 Å². The van der Waals surface area contributed by atoms with Gasteiger partial charge in [-0.1, -0.05) is 76.6 Å². The molecule has 1 fully saturated rings. The molecular formula is C26H24BrN3. The molecule has 150 valence electrons. The fourth-order valence-corrected chi connectivity index (χ4v) is 4.69. The molecule has 30 heavy (non-hydrogen) atoms. The van der Waals surface area contributed by atoms with E-state index in [4.69, 9.17) is 9.97 Å². The molecule has 0 bridgehead atoms. The number of hydrogen-bond donors (Lipinski definition) is 0. The number of anilines is 1. The van der Waals surface area contributed by atoms with Gasteiger partial charge in [-0.05, 0) is 48.9 Å². The molecule has 0 radical (unpaired) electrons. The molecule has 3 aromatic carbocycles. The van der Waals surface area contributed by atoms with Gasteiger partial charge in [0, 0.05) is 28.5 Å². The number of benzene rings is 3. The average molecular weight is 458 g/mol. The Morgan fingerprint density at radius 2 is 1.53 bits per heavy atom. The molecule has 1 aliphatic rings. The predicted octanol–water partition coefficient (Wildman–Crippen LogP) is 6.52. The van der Waals surface area contributed by atoms with Crippen molar-refractivity contribution in [2.75, 3.05) is 18.0 Å². The number of hydrogen-bond acceptors (Lipinski definition) is 3. The number of halogens is 1. The van der Waals surface area contributed by atoms with Crippen LogP contribution < -0.4 is 4.90 Å². The van der Waals surface area contributed by atoms with Crippen LogP contribution >= 0.6 is 15.9 Å². The quantitative estimate of drug-likeness (QED) is 0.349. The van der Waals surface area contributed by atoms with E-state index in [1.54, 1.807) is 0 Å². The van der Waals surface area contributed by atoms with Crippen LogP contribution in [0.3, 0.4) is 0 Å². The first-order chi connectivity index (χ1) is 14.8. The standard InChI is InChI=1S/C26H24BrN3/c27-22-11-12-24-23(18-22)25(21-9-5-2-6-10-21)29-26(28-24)30-15-13-20(14-16-30)17-19-7-3-1-4-8-19/h1-12,18,20H,13-17H2. The van der Waals surface area contributed by atoms with Gasteiger partial charge in [-0.25, -0.2) is 9.97 Å². The highest BCUT2D eigenvalue weighted by atomic mass is 79.9. The van der Waals surface area contributed by atoms with Crippen molar-refractivity contribution in [2.24, 2.45) is 5.92 Å². The summed E-state index contributed by atoms with van der Waals surface area (Å²) in [6.45, 7) is 2.02. The number of aromatic nitrogens is 2. The lowest BCUT2D eigenvalue weighted by Crippen LogP contribution is -2.35. The minimum atomic E-state index is 0.730. The highest BCUT2D eigenvalue weighted by molar-refractivity contribution is 9.10.